The van der Waals surface area contributed by atoms with Crippen LogP contribution < -0.4 is 5.32 Å². The van der Waals surface area contributed by atoms with E-state index in [2.05, 4.69) is 24.1 Å². The van der Waals surface area contributed by atoms with Crippen molar-refractivity contribution in [2.75, 3.05) is 13.1 Å². The van der Waals surface area contributed by atoms with Crippen molar-refractivity contribution in [2.24, 2.45) is 5.92 Å². The van der Waals surface area contributed by atoms with Crippen molar-refractivity contribution in [3.63, 3.8) is 0 Å². The van der Waals surface area contributed by atoms with E-state index in [0.29, 0.717) is 17.9 Å². The molecule has 0 bridgehead atoms. The van der Waals surface area contributed by atoms with Crippen LogP contribution in [-0.2, 0) is 4.79 Å². The van der Waals surface area contributed by atoms with E-state index in [1.807, 2.05) is 0 Å². The van der Waals surface area contributed by atoms with Crippen LogP contribution in [0.3, 0.4) is 0 Å². The summed E-state index contributed by atoms with van der Waals surface area (Å²) in [5.41, 5.74) is 0. The fourth-order valence-electron chi connectivity index (χ4n) is 2.91. The summed E-state index contributed by atoms with van der Waals surface area (Å²) in [4.78, 5) is 14.5. The molecule has 3 heteroatoms. The van der Waals surface area contributed by atoms with E-state index in [1.165, 1.54) is 25.7 Å². The Bertz CT molecular complexity index is 248. The molecule has 2 fully saturated rings. The molecule has 2 saturated heterocycles. The van der Waals surface area contributed by atoms with Crippen LogP contribution in [0.25, 0.3) is 0 Å². The minimum absolute atomic E-state index is 0.0986. The van der Waals surface area contributed by atoms with Crippen molar-refractivity contribution in [3.05, 3.63) is 0 Å². The van der Waals surface area contributed by atoms with E-state index in [-0.39, 0.29) is 6.04 Å². The molecule has 16 heavy (non-hydrogen) atoms. The SMILES string of the molecule is CC1CCCN(C(=O)[C@H]2CCCCN2)C1C. The molecule has 0 aromatic carbocycles. The number of carbonyl (C=O) groups is 1. The van der Waals surface area contributed by atoms with Crippen molar-refractivity contribution < 1.29 is 4.79 Å². The summed E-state index contributed by atoms with van der Waals surface area (Å²) in [5.74, 6) is 1.00. The van der Waals surface area contributed by atoms with E-state index in [4.69, 9.17) is 0 Å². The second-order valence-electron chi connectivity index (χ2n) is 5.39. The van der Waals surface area contributed by atoms with Gasteiger partial charge in [-0.1, -0.05) is 13.3 Å². The molecule has 92 valence electrons. The van der Waals surface area contributed by atoms with E-state index in [1.54, 1.807) is 0 Å². The van der Waals surface area contributed by atoms with E-state index >= 15 is 0 Å². The van der Waals surface area contributed by atoms with Crippen molar-refractivity contribution in [1.82, 2.24) is 10.2 Å². The number of carbonyl (C=O) groups excluding carboxylic acids is 1. The van der Waals surface area contributed by atoms with Gasteiger partial charge in [-0.2, -0.15) is 0 Å². The summed E-state index contributed by atoms with van der Waals surface area (Å²) in [6.45, 7) is 6.43. The lowest BCUT2D eigenvalue weighted by Crippen LogP contribution is -2.54. The van der Waals surface area contributed by atoms with Crippen LogP contribution in [0, 0.1) is 5.92 Å². The second kappa shape index (κ2) is 5.17. The molecule has 0 aromatic rings. The quantitative estimate of drug-likeness (QED) is 0.736. The monoisotopic (exact) mass is 224 g/mol. The highest BCUT2D eigenvalue weighted by Gasteiger charge is 2.32. The Morgan fingerprint density at radius 3 is 2.69 bits per heavy atom. The predicted octanol–water partition coefficient (Wildman–Crippen LogP) is 1.78. The highest BCUT2D eigenvalue weighted by molar-refractivity contribution is 5.82. The van der Waals surface area contributed by atoms with Gasteiger partial charge < -0.3 is 10.2 Å². The number of piperidine rings is 2. The number of nitrogens with zero attached hydrogens (tertiary/aromatic N) is 1. The molecule has 1 amide bonds. The highest BCUT2D eigenvalue weighted by atomic mass is 16.2. The fraction of sp³-hybridized carbons (Fsp3) is 0.923. The summed E-state index contributed by atoms with van der Waals surface area (Å²) in [5, 5.41) is 3.36. The fourth-order valence-corrected chi connectivity index (χ4v) is 2.91. The Balaban J connectivity index is 1.96. The second-order valence-corrected chi connectivity index (χ2v) is 5.39. The zero-order valence-electron chi connectivity index (χ0n) is 10.5. The van der Waals surface area contributed by atoms with Gasteiger partial charge in [-0.15, -0.1) is 0 Å². The number of hydrogen-bond acceptors (Lipinski definition) is 2. The predicted molar refractivity (Wildman–Crippen MR) is 65.2 cm³/mol. The molecule has 2 unspecified atom stereocenters. The maximum Gasteiger partial charge on any atom is 0.239 e. The maximum absolute atomic E-state index is 12.4. The molecule has 1 N–H and O–H groups in total. The molecule has 0 saturated carbocycles. The smallest absolute Gasteiger partial charge is 0.239 e. The molecule has 2 aliphatic heterocycles. The molecular formula is C13H24N2O. The van der Waals surface area contributed by atoms with Crippen LogP contribution in [0.4, 0.5) is 0 Å². The zero-order valence-corrected chi connectivity index (χ0v) is 10.5. The van der Waals surface area contributed by atoms with Crippen LogP contribution in [0.1, 0.15) is 46.0 Å². The number of amides is 1. The average Bonchev–Trinajstić information content (AvgIpc) is 2.33. The van der Waals surface area contributed by atoms with Crippen LogP contribution >= 0.6 is 0 Å². The molecule has 0 aromatic heterocycles. The molecule has 0 aliphatic carbocycles. The first-order chi connectivity index (χ1) is 7.70. The summed E-state index contributed by atoms with van der Waals surface area (Å²) in [6.07, 6.45) is 5.88. The summed E-state index contributed by atoms with van der Waals surface area (Å²) >= 11 is 0. The van der Waals surface area contributed by atoms with Gasteiger partial charge in [0, 0.05) is 12.6 Å². The number of likely N-dealkylation sites (tertiary alicyclic amines) is 1. The van der Waals surface area contributed by atoms with Crippen LogP contribution in [0.2, 0.25) is 0 Å². The van der Waals surface area contributed by atoms with Gasteiger partial charge in [0.1, 0.15) is 0 Å². The molecule has 0 spiro atoms. The first kappa shape index (κ1) is 11.9. The number of hydrogen-bond donors (Lipinski definition) is 1. The topological polar surface area (TPSA) is 32.3 Å². The molecule has 2 heterocycles. The van der Waals surface area contributed by atoms with E-state index in [9.17, 15) is 4.79 Å². The maximum atomic E-state index is 12.4. The van der Waals surface area contributed by atoms with Crippen LogP contribution in [-0.4, -0.2) is 36.0 Å². The Morgan fingerprint density at radius 2 is 2.00 bits per heavy atom. The minimum atomic E-state index is 0.0986. The van der Waals surface area contributed by atoms with Crippen LogP contribution in [0.5, 0.6) is 0 Å². The van der Waals surface area contributed by atoms with Crippen LogP contribution in [0.15, 0.2) is 0 Å². The normalized spacial score (nSPS) is 36.1. The van der Waals surface area contributed by atoms with Gasteiger partial charge in [-0.05, 0) is 45.1 Å². The Labute approximate surface area is 98.6 Å². The van der Waals surface area contributed by atoms with E-state index in [0.717, 1.165) is 19.5 Å². The van der Waals surface area contributed by atoms with Crippen molar-refractivity contribution in [2.45, 2.75) is 58.0 Å². The molecule has 0 radical (unpaired) electrons. The van der Waals surface area contributed by atoms with Crippen molar-refractivity contribution in [3.8, 4) is 0 Å². The average molecular weight is 224 g/mol. The molecule has 3 atom stereocenters. The zero-order chi connectivity index (χ0) is 11.5. The van der Waals surface area contributed by atoms with Gasteiger partial charge in [0.15, 0.2) is 0 Å². The molecule has 2 aliphatic rings. The van der Waals surface area contributed by atoms with Gasteiger partial charge in [0.05, 0.1) is 6.04 Å². The standard InChI is InChI=1S/C13H24N2O/c1-10-6-5-9-15(11(10)2)13(16)12-7-3-4-8-14-12/h10-12,14H,3-9H2,1-2H3/t10?,11?,12-/m1/s1. The summed E-state index contributed by atoms with van der Waals surface area (Å²) < 4.78 is 0. The third-order valence-electron chi connectivity index (χ3n) is 4.27. The lowest BCUT2D eigenvalue weighted by molar-refractivity contribution is -0.138. The lowest BCUT2D eigenvalue weighted by atomic mass is 9.91. The van der Waals surface area contributed by atoms with Crippen molar-refractivity contribution in [1.29, 1.82) is 0 Å². The minimum Gasteiger partial charge on any atom is -0.338 e. The van der Waals surface area contributed by atoms with Gasteiger partial charge in [-0.25, -0.2) is 0 Å². The van der Waals surface area contributed by atoms with Gasteiger partial charge in [0.2, 0.25) is 5.91 Å². The number of nitrogens with one attached hydrogen (secondary N) is 1. The van der Waals surface area contributed by atoms with Gasteiger partial charge >= 0.3 is 0 Å². The summed E-state index contributed by atoms with van der Waals surface area (Å²) in [7, 11) is 0. The van der Waals surface area contributed by atoms with Crippen molar-refractivity contribution >= 4 is 5.91 Å². The highest BCUT2D eigenvalue weighted by Crippen LogP contribution is 2.24. The molecule has 2 rings (SSSR count). The summed E-state index contributed by atoms with van der Waals surface area (Å²) in [6, 6.07) is 0.520. The first-order valence-electron chi connectivity index (χ1n) is 6.74. The van der Waals surface area contributed by atoms with Gasteiger partial charge in [0.25, 0.3) is 0 Å². The molecule has 3 nitrogen and oxygen atoms in total. The molecular weight excluding hydrogens is 200 g/mol. The Kier molecular flexibility index (Phi) is 3.85. The Hall–Kier alpha value is -0.570. The lowest BCUT2D eigenvalue weighted by Gasteiger charge is -2.40. The van der Waals surface area contributed by atoms with E-state index < -0.39 is 0 Å². The number of rotatable bonds is 1. The Morgan fingerprint density at radius 1 is 1.19 bits per heavy atom. The van der Waals surface area contributed by atoms with Gasteiger partial charge in [-0.3, -0.25) is 4.79 Å². The first-order valence-corrected chi connectivity index (χ1v) is 6.74. The third kappa shape index (κ3) is 2.40. The largest absolute Gasteiger partial charge is 0.338 e. The third-order valence-corrected chi connectivity index (χ3v) is 4.27.